The van der Waals surface area contributed by atoms with Crippen LogP contribution in [0.25, 0.3) is 0 Å². The van der Waals surface area contributed by atoms with Crippen LogP contribution in [0.3, 0.4) is 0 Å². The summed E-state index contributed by atoms with van der Waals surface area (Å²) in [6.45, 7) is 4.80. The molecule has 0 aromatic carbocycles. The highest BCUT2D eigenvalue weighted by Crippen LogP contribution is 2.13. The van der Waals surface area contributed by atoms with Crippen LogP contribution in [0.1, 0.15) is 22.6 Å². The highest BCUT2D eigenvalue weighted by molar-refractivity contribution is 5.23. The number of aryl methyl sites for hydroxylation is 4. The first-order valence-electron chi connectivity index (χ1n) is 5.74. The van der Waals surface area contributed by atoms with Crippen LogP contribution in [0.5, 0.6) is 0 Å². The van der Waals surface area contributed by atoms with Crippen LogP contribution in [0.15, 0.2) is 12.3 Å². The topological polar surface area (TPSA) is 55.9 Å². The molecule has 0 aliphatic rings. The quantitative estimate of drug-likeness (QED) is 0.857. The Hall–Kier alpha value is -1.62. The molecule has 0 saturated heterocycles. The molecule has 0 spiro atoms. The summed E-state index contributed by atoms with van der Waals surface area (Å²) in [5.74, 6) is 0. The Morgan fingerprint density at radius 2 is 2.12 bits per heavy atom. The molecule has 1 N–H and O–H groups in total. The number of nitrogens with zero attached hydrogens (tertiary/aromatic N) is 4. The molecule has 0 unspecified atom stereocenters. The number of aliphatic hydroxyl groups excluding tert-OH is 1. The Kier molecular flexibility index (Phi) is 3.28. The Labute approximate surface area is 101 Å². The Morgan fingerprint density at radius 3 is 2.65 bits per heavy atom. The van der Waals surface area contributed by atoms with Gasteiger partial charge in [0, 0.05) is 43.2 Å². The number of rotatable bonds is 4. The summed E-state index contributed by atoms with van der Waals surface area (Å²) >= 11 is 0. The van der Waals surface area contributed by atoms with Gasteiger partial charge in [-0.3, -0.25) is 9.36 Å². The van der Waals surface area contributed by atoms with Gasteiger partial charge in [0.1, 0.15) is 0 Å². The lowest BCUT2D eigenvalue weighted by atomic mass is 10.2. The SMILES string of the molecule is Cc1nn(CCc2ccnn2C)c(C)c1CO. The zero-order chi connectivity index (χ0) is 12.4. The maximum atomic E-state index is 9.24. The first kappa shape index (κ1) is 11.9. The van der Waals surface area contributed by atoms with Gasteiger partial charge in [-0.15, -0.1) is 0 Å². The Bertz CT molecular complexity index is 513. The molecular formula is C12H18N4O. The van der Waals surface area contributed by atoms with Crippen molar-refractivity contribution in [2.75, 3.05) is 0 Å². The zero-order valence-electron chi connectivity index (χ0n) is 10.5. The van der Waals surface area contributed by atoms with Crippen molar-refractivity contribution in [3.05, 3.63) is 34.9 Å². The highest BCUT2D eigenvalue weighted by Gasteiger charge is 2.10. The fourth-order valence-electron chi connectivity index (χ4n) is 2.05. The van der Waals surface area contributed by atoms with Gasteiger partial charge in [0.15, 0.2) is 0 Å². The average molecular weight is 234 g/mol. The van der Waals surface area contributed by atoms with Gasteiger partial charge < -0.3 is 5.11 Å². The summed E-state index contributed by atoms with van der Waals surface area (Å²) in [6.07, 6.45) is 2.69. The van der Waals surface area contributed by atoms with Crippen LogP contribution in [0, 0.1) is 13.8 Å². The normalized spacial score (nSPS) is 11.1. The van der Waals surface area contributed by atoms with Crippen LogP contribution in [0.4, 0.5) is 0 Å². The van der Waals surface area contributed by atoms with Crippen molar-refractivity contribution in [3.63, 3.8) is 0 Å². The third kappa shape index (κ3) is 2.24. The number of aromatic nitrogens is 4. The summed E-state index contributed by atoms with van der Waals surface area (Å²) in [7, 11) is 1.94. The van der Waals surface area contributed by atoms with Gasteiger partial charge in [0.05, 0.1) is 12.3 Å². The molecule has 0 amide bonds. The maximum Gasteiger partial charge on any atom is 0.0718 e. The molecule has 0 aliphatic carbocycles. The second-order valence-electron chi connectivity index (χ2n) is 4.23. The lowest BCUT2D eigenvalue weighted by Gasteiger charge is -2.05. The monoisotopic (exact) mass is 234 g/mol. The molecule has 0 radical (unpaired) electrons. The highest BCUT2D eigenvalue weighted by atomic mass is 16.3. The van der Waals surface area contributed by atoms with Crippen LogP contribution < -0.4 is 0 Å². The molecule has 17 heavy (non-hydrogen) atoms. The molecule has 92 valence electrons. The van der Waals surface area contributed by atoms with Gasteiger partial charge >= 0.3 is 0 Å². The number of hydrogen-bond acceptors (Lipinski definition) is 3. The molecule has 0 bridgehead atoms. The maximum absolute atomic E-state index is 9.24. The lowest BCUT2D eigenvalue weighted by Crippen LogP contribution is -2.08. The van der Waals surface area contributed by atoms with Gasteiger partial charge in [-0.1, -0.05) is 0 Å². The summed E-state index contributed by atoms with van der Waals surface area (Å²) in [4.78, 5) is 0. The van der Waals surface area contributed by atoms with E-state index in [9.17, 15) is 5.11 Å². The molecular weight excluding hydrogens is 216 g/mol. The first-order valence-corrected chi connectivity index (χ1v) is 5.74. The molecule has 0 atom stereocenters. The van der Waals surface area contributed by atoms with E-state index < -0.39 is 0 Å². The molecule has 5 nitrogen and oxygen atoms in total. The summed E-state index contributed by atoms with van der Waals surface area (Å²) in [5, 5.41) is 17.8. The summed E-state index contributed by atoms with van der Waals surface area (Å²) < 4.78 is 3.83. The third-order valence-corrected chi connectivity index (χ3v) is 3.19. The smallest absolute Gasteiger partial charge is 0.0718 e. The van der Waals surface area contributed by atoms with E-state index in [0.717, 1.165) is 29.9 Å². The Morgan fingerprint density at radius 1 is 1.35 bits per heavy atom. The molecule has 2 aromatic heterocycles. The van der Waals surface area contributed by atoms with Crippen molar-refractivity contribution < 1.29 is 5.11 Å². The van der Waals surface area contributed by atoms with E-state index in [1.165, 1.54) is 5.69 Å². The lowest BCUT2D eigenvalue weighted by molar-refractivity contribution is 0.280. The van der Waals surface area contributed by atoms with Crippen molar-refractivity contribution in [2.24, 2.45) is 7.05 Å². The van der Waals surface area contributed by atoms with Crippen LogP contribution in [0.2, 0.25) is 0 Å². The van der Waals surface area contributed by atoms with Crippen LogP contribution in [-0.2, 0) is 26.6 Å². The summed E-state index contributed by atoms with van der Waals surface area (Å²) in [5.41, 5.74) is 4.08. The van der Waals surface area contributed by atoms with Gasteiger partial charge in [-0.05, 0) is 19.9 Å². The summed E-state index contributed by atoms with van der Waals surface area (Å²) in [6, 6.07) is 2.01. The minimum absolute atomic E-state index is 0.0589. The van der Waals surface area contributed by atoms with Gasteiger partial charge in [0.2, 0.25) is 0 Å². The minimum atomic E-state index is 0.0589. The predicted molar refractivity (Wildman–Crippen MR) is 64.5 cm³/mol. The molecule has 0 fully saturated rings. The van der Waals surface area contributed by atoms with E-state index in [0.29, 0.717) is 0 Å². The fraction of sp³-hybridized carbons (Fsp3) is 0.500. The zero-order valence-corrected chi connectivity index (χ0v) is 10.5. The largest absolute Gasteiger partial charge is 0.392 e. The van der Waals surface area contributed by atoms with Crippen LogP contribution in [-0.4, -0.2) is 24.7 Å². The van der Waals surface area contributed by atoms with Gasteiger partial charge in [0.25, 0.3) is 0 Å². The van der Waals surface area contributed by atoms with E-state index >= 15 is 0 Å². The van der Waals surface area contributed by atoms with Gasteiger partial charge in [-0.25, -0.2) is 0 Å². The third-order valence-electron chi connectivity index (χ3n) is 3.19. The van der Waals surface area contributed by atoms with Gasteiger partial charge in [-0.2, -0.15) is 10.2 Å². The fourth-order valence-corrected chi connectivity index (χ4v) is 2.05. The van der Waals surface area contributed by atoms with E-state index in [-0.39, 0.29) is 6.61 Å². The van der Waals surface area contributed by atoms with Crippen molar-refractivity contribution in [3.8, 4) is 0 Å². The van der Waals surface area contributed by atoms with Crippen molar-refractivity contribution in [2.45, 2.75) is 33.4 Å². The standard InChI is InChI=1S/C12H18N4O/c1-9-12(8-17)10(2)16(14-9)7-5-11-4-6-13-15(11)3/h4,6,17H,5,7-8H2,1-3H3. The molecule has 0 saturated carbocycles. The molecule has 2 rings (SSSR count). The average Bonchev–Trinajstić information content (AvgIpc) is 2.81. The minimum Gasteiger partial charge on any atom is -0.392 e. The van der Waals surface area contributed by atoms with E-state index in [2.05, 4.69) is 10.2 Å². The molecule has 2 heterocycles. The van der Waals surface area contributed by atoms with E-state index in [1.807, 2.05) is 36.3 Å². The second kappa shape index (κ2) is 4.71. The number of hydrogen-bond donors (Lipinski definition) is 1. The Balaban J connectivity index is 2.12. The first-order chi connectivity index (χ1) is 8.13. The van der Waals surface area contributed by atoms with E-state index in [1.54, 1.807) is 6.20 Å². The van der Waals surface area contributed by atoms with Crippen molar-refractivity contribution in [1.82, 2.24) is 19.6 Å². The molecule has 0 aliphatic heterocycles. The van der Waals surface area contributed by atoms with Crippen molar-refractivity contribution >= 4 is 0 Å². The molecule has 5 heteroatoms. The predicted octanol–water partition coefficient (Wildman–Crippen LogP) is 0.968. The van der Waals surface area contributed by atoms with Crippen LogP contribution >= 0.6 is 0 Å². The second-order valence-corrected chi connectivity index (χ2v) is 4.23. The van der Waals surface area contributed by atoms with Crippen molar-refractivity contribution in [1.29, 1.82) is 0 Å². The molecule has 2 aromatic rings. The number of aliphatic hydroxyl groups is 1. The van der Waals surface area contributed by atoms with E-state index in [4.69, 9.17) is 0 Å².